The molecule has 0 fully saturated rings. The van der Waals surface area contributed by atoms with Crippen molar-refractivity contribution >= 4 is 5.97 Å². The number of carbonyl (C=O) groups excluding carboxylic acids is 1. The van der Waals surface area contributed by atoms with Gasteiger partial charge in [0, 0.05) is 11.5 Å². The molecule has 6 nitrogen and oxygen atoms in total. The normalized spacial score (nSPS) is 20.1. The van der Waals surface area contributed by atoms with Gasteiger partial charge in [-0.25, -0.2) is 4.79 Å². The number of hydrogen-bond donors (Lipinski definition) is 1. The minimum absolute atomic E-state index is 0.258. The van der Waals surface area contributed by atoms with E-state index in [-0.39, 0.29) is 5.97 Å². The Morgan fingerprint density at radius 1 is 1.55 bits per heavy atom. The number of nitrogens with zero attached hydrogens (tertiary/aromatic N) is 3. The Hall–Kier alpha value is -2.04. The van der Waals surface area contributed by atoms with Gasteiger partial charge < -0.3 is 4.74 Å². The molecule has 0 radical (unpaired) electrons. The van der Waals surface area contributed by atoms with Gasteiger partial charge in [0.05, 0.1) is 7.11 Å². The first-order chi connectivity index (χ1) is 9.74. The lowest BCUT2D eigenvalue weighted by Crippen LogP contribution is -2.48. The number of esters is 1. The molecule has 20 heavy (non-hydrogen) atoms. The molecule has 1 unspecified atom stereocenters. The van der Waals surface area contributed by atoms with E-state index in [1.807, 2.05) is 24.3 Å². The van der Waals surface area contributed by atoms with Crippen LogP contribution in [0.4, 0.5) is 0 Å². The SMILES string of the molecule is COC(=O)C1(NCCCN=[N+]=[N-])CCc2ccccc21. The van der Waals surface area contributed by atoms with Gasteiger partial charge in [-0.05, 0) is 42.5 Å². The fraction of sp³-hybridized carbons (Fsp3) is 0.500. The van der Waals surface area contributed by atoms with E-state index in [0.717, 1.165) is 12.0 Å². The molecule has 1 N–H and O–H groups in total. The number of rotatable bonds is 6. The molecule has 1 aliphatic carbocycles. The Bertz CT molecular complexity index is 540. The molecule has 0 saturated carbocycles. The highest BCUT2D eigenvalue weighted by Gasteiger charge is 2.45. The highest BCUT2D eigenvalue weighted by molar-refractivity contribution is 5.84. The molecular formula is C14H18N4O2. The maximum absolute atomic E-state index is 12.3. The lowest BCUT2D eigenvalue weighted by molar-refractivity contribution is -0.149. The second-order valence-corrected chi connectivity index (χ2v) is 4.79. The molecule has 6 heteroatoms. The van der Waals surface area contributed by atoms with Crippen LogP contribution in [0.1, 0.15) is 24.0 Å². The summed E-state index contributed by atoms with van der Waals surface area (Å²) < 4.78 is 4.99. The van der Waals surface area contributed by atoms with Crippen LogP contribution in [0.15, 0.2) is 29.4 Å². The third-order valence-electron chi connectivity index (χ3n) is 3.71. The number of hydrogen-bond acceptors (Lipinski definition) is 4. The van der Waals surface area contributed by atoms with Crippen LogP contribution in [0.5, 0.6) is 0 Å². The van der Waals surface area contributed by atoms with Crippen LogP contribution in [0.3, 0.4) is 0 Å². The molecule has 0 amide bonds. The van der Waals surface area contributed by atoms with Crippen LogP contribution in [0, 0.1) is 0 Å². The fourth-order valence-electron chi connectivity index (χ4n) is 2.75. The largest absolute Gasteiger partial charge is 0.467 e. The predicted molar refractivity (Wildman–Crippen MR) is 75.1 cm³/mol. The third kappa shape index (κ3) is 2.61. The summed E-state index contributed by atoms with van der Waals surface area (Å²) in [5, 5.41) is 6.80. The maximum Gasteiger partial charge on any atom is 0.330 e. The van der Waals surface area contributed by atoms with E-state index < -0.39 is 5.54 Å². The van der Waals surface area contributed by atoms with Crippen LogP contribution >= 0.6 is 0 Å². The van der Waals surface area contributed by atoms with E-state index >= 15 is 0 Å². The zero-order valence-corrected chi connectivity index (χ0v) is 11.5. The van der Waals surface area contributed by atoms with Crippen LogP contribution in [-0.2, 0) is 21.5 Å². The van der Waals surface area contributed by atoms with Crippen LogP contribution in [-0.4, -0.2) is 26.2 Å². The Balaban J connectivity index is 2.16. The molecule has 0 aliphatic heterocycles. The minimum atomic E-state index is -0.762. The zero-order chi connectivity index (χ0) is 14.4. The quantitative estimate of drug-likeness (QED) is 0.284. The topological polar surface area (TPSA) is 87.1 Å². The van der Waals surface area contributed by atoms with E-state index in [9.17, 15) is 4.79 Å². The molecular weight excluding hydrogens is 256 g/mol. The summed E-state index contributed by atoms with van der Waals surface area (Å²) in [4.78, 5) is 15.0. The summed E-state index contributed by atoms with van der Waals surface area (Å²) in [6.07, 6.45) is 2.24. The van der Waals surface area contributed by atoms with Gasteiger partial charge in [0.15, 0.2) is 0 Å². The second kappa shape index (κ2) is 6.41. The van der Waals surface area contributed by atoms with Gasteiger partial charge in [-0.15, -0.1) is 0 Å². The van der Waals surface area contributed by atoms with Gasteiger partial charge in [-0.1, -0.05) is 29.4 Å². The van der Waals surface area contributed by atoms with Crippen molar-refractivity contribution in [1.29, 1.82) is 0 Å². The Labute approximate surface area is 117 Å². The minimum Gasteiger partial charge on any atom is -0.467 e. The van der Waals surface area contributed by atoms with Gasteiger partial charge in [0.1, 0.15) is 5.54 Å². The summed E-state index contributed by atoms with van der Waals surface area (Å²) >= 11 is 0. The van der Waals surface area contributed by atoms with Gasteiger partial charge in [0.25, 0.3) is 0 Å². The van der Waals surface area contributed by atoms with Crippen molar-refractivity contribution in [3.8, 4) is 0 Å². The fourth-order valence-corrected chi connectivity index (χ4v) is 2.75. The standard InChI is InChI=1S/C14H18N4O2/c1-20-13(19)14(16-9-4-10-17-18-15)8-7-11-5-2-3-6-12(11)14/h2-3,5-6,16H,4,7-10H2,1H3. The van der Waals surface area contributed by atoms with Gasteiger partial charge >= 0.3 is 5.97 Å². The van der Waals surface area contributed by atoms with Crippen molar-refractivity contribution in [1.82, 2.24) is 5.32 Å². The summed E-state index contributed by atoms with van der Waals surface area (Å²) in [7, 11) is 1.41. The van der Waals surface area contributed by atoms with Gasteiger partial charge in [-0.2, -0.15) is 0 Å². The number of methoxy groups -OCH3 is 1. The molecule has 0 spiro atoms. The number of fused-ring (bicyclic) bond motifs is 1. The number of nitrogens with one attached hydrogen (secondary N) is 1. The maximum atomic E-state index is 12.3. The lowest BCUT2D eigenvalue weighted by atomic mass is 9.91. The number of aryl methyl sites for hydroxylation is 1. The molecule has 1 aromatic carbocycles. The highest BCUT2D eigenvalue weighted by atomic mass is 16.5. The Kier molecular flexibility index (Phi) is 4.61. The molecule has 1 atom stereocenters. The molecule has 106 valence electrons. The van der Waals surface area contributed by atoms with Crippen molar-refractivity contribution < 1.29 is 9.53 Å². The number of carbonyl (C=O) groups is 1. The van der Waals surface area contributed by atoms with E-state index in [2.05, 4.69) is 15.3 Å². The monoisotopic (exact) mass is 274 g/mol. The zero-order valence-electron chi connectivity index (χ0n) is 11.5. The van der Waals surface area contributed by atoms with Gasteiger partial charge in [0.2, 0.25) is 0 Å². The number of ether oxygens (including phenoxy) is 1. The van der Waals surface area contributed by atoms with E-state index in [1.165, 1.54) is 12.7 Å². The molecule has 1 aliphatic rings. The van der Waals surface area contributed by atoms with Crippen molar-refractivity contribution in [2.45, 2.75) is 24.8 Å². The van der Waals surface area contributed by atoms with Crippen molar-refractivity contribution in [2.24, 2.45) is 5.11 Å². The first kappa shape index (κ1) is 14.4. The molecule has 2 rings (SSSR count). The van der Waals surface area contributed by atoms with E-state index in [1.54, 1.807) is 0 Å². The van der Waals surface area contributed by atoms with E-state index in [4.69, 9.17) is 10.3 Å². The van der Waals surface area contributed by atoms with Crippen molar-refractivity contribution in [3.05, 3.63) is 45.8 Å². The van der Waals surface area contributed by atoms with Crippen LogP contribution < -0.4 is 5.32 Å². The Morgan fingerprint density at radius 2 is 2.35 bits per heavy atom. The highest BCUT2D eigenvalue weighted by Crippen LogP contribution is 2.37. The smallest absolute Gasteiger partial charge is 0.330 e. The Morgan fingerprint density at radius 3 is 3.10 bits per heavy atom. The predicted octanol–water partition coefficient (Wildman–Crippen LogP) is 2.29. The average molecular weight is 274 g/mol. The first-order valence-corrected chi connectivity index (χ1v) is 6.67. The molecule has 0 bridgehead atoms. The average Bonchev–Trinajstić information content (AvgIpc) is 2.86. The molecule has 0 heterocycles. The van der Waals surface area contributed by atoms with Crippen LogP contribution in [0.25, 0.3) is 10.4 Å². The number of benzene rings is 1. The van der Waals surface area contributed by atoms with Gasteiger partial charge in [-0.3, -0.25) is 5.32 Å². The number of azide groups is 1. The summed E-state index contributed by atoms with van der Waals surface area (Å²) in [6.45, 7) is 1.02. The molecule has 0 aromatic heterocycles. The summed E-state index contributed by atoms with van der Waals surface area (Å²) in [6, 6.07) is 7.93. The molecule has 1 aromatic rings. The lowest BCUT2D eigenvalue weighted by Gasteiger charge is -2.28. The third-order valence-corrected chi connectivity index (χ3v) is 3.71. The summed E-state index contributed by atoms with van der Waals surface area (Å²) in [5.41, 5.74) is 9.66. The van der Waals surface area contributed by atoms with Crippen molar-refractivity contribution in [3.63, 3.8) is 0 Å². The van der Waals surface area contributed by atoms with Crippen molar-refractivity contribution in [2.75, 3.05) is 20.2 Å². The van der Waals surface area contributed by atoms with Crippen LogP contribution in [0.2, 0.25) is 0 Å². The molecule has 0 saturated heterocycles. The summed E-state index contributed by atoms with van der Waals surface area (Å²) in [5.74, 6) is -0.258. The first-order valence-electron chi connectivity index (χ1n) is 6.67. The van der Waals surface area contributed by atoms with E-state index in [0.29, 0.717) is 25.9 Å². The second-order valence-electron chi connectivity index (χ2n) is 4.79.